The van der Waals surface area contributed by atoms with Crippen molar-refractivity contribution in [2.75, 3.05) is 19.6 Å². The van der Waals surface area contributed by atoms with Gasteiger partial charge in [0.1, 0.15) is 0 Å². The van der Waals surface area contributed by atoms with Crippen molar-refractivity contribution in [3.05, 3.63) is 34.9 Å². The molecule has 1 N–H and O–H groups in total. The van der Waals surface area contributed by atoms with Crippen LogP contribution in [-0.4, -0.2) is 59.2 Å². The molecule has 0 saturated carbocycles. The fourth-order valence-electron chi connectivity index (χ4n) is 3.45. The van der Waals surface area contributed by atoms with Crippen LogP contribution in [0.2, 0.25) is 0 Å². The minimum atomic E-state index is -0.287. The van der Waals surface area contributed by atoms with E-state index < -0.39 is 0 Å². The summed E-state index contributed by atoms with van der Waals surface area (Å²) in [6, 6.07) is 5.16. The molecular weight excluding hydrogens is 354 g/mol. The largest absolute Gasteiger partial charge is 0.333 e. The van der Waals surface area contributed by atoms with Gasteiger partial charge in [0.05, 0.1) is 11.1 Å². The number of amides is 3. The third kappa shape index (κ3) is 3.48. The molecule has 1 aromatic carbocycles. The first-order chi connectivity index (χ1) is 12.0. The van der Waals surface area contributed by atoms with E-state index >= 15 is 0 Å². The van der Waals surface area contributed by atoms with E-state index in [2.05, 4.69) is 12.2 Å². The molecule has 6 nitrogen and oxygen atoms in total. The van der Waals surface area contributed by atoms with Crippen molar-refractivity contribution < 1.29 is 14.4 Å². The third-order valence-electron chi connectivity index (χ3n) is 5.25. The smallest absolute Gasteiger partial charge is 0.261 e. The van der Waals surface area contributed by atoms with Gasteiger partial charge in [0, 0.05) is 37.3 Å². The number of benzene rings is 1. The lowest BCUT2D eigenvalue weighted by molar-refractivity contribution is 0.0602. The van der Waals surface area contributed by atoms with Gasteiger partial charge in [-0.25, -0.2) is 0 Å². The molecule has 3 amide bonds. The number of hydrogen-bond acceptors (Lipinski definition) is 4. The van der Waals surface area contributed by atoms with E-state index in [-0.39, 0.29) is 42.2 Å². The molecule has 2 aliphatic heterocycles. The van der Waals surface area contributed by atoms with Gasteiger partial charge in [-0.15, -0.1) is 12.4 Å². The van der Waals surface area contributed by atoms with Crippen LogP contribution in [0.4, 0.5) is 0 Å². The van der Waals surface area contributed by atoms with E-state index in [4.69, 9.17) is 0 Å². The molecule has 0 radical (unpaired) electrons. The summed E-state index contributed by atoms with van der Waals surface area (Å²) >= 11 is 0. The molecule has 2 unspecified atom stereocenters. The average molecular weight is 380 g/mol. The fourth-order valence-corrected chi connectivity index (χ4v) is 3.45. The molecule has 0 aliphatic carbocycles. The Hall–Kier alpha value is -1.92. The molecule has 3 rings (SSSR count). The van der Waals surface area contributed by atoms with E-state index in [1.807, 2.05) is 18.7 Å². The highest BCUT2D eigenvalue weighted by Gasteiger charge is 2.36. The van der Waals surface area contributed by atoms with Crippen LogP contribution < -0.4 is 5.32 Å². The maximum absolute atomic E-state index is 12.9. The maximum atomic E-state index is 12.9. The second-order valence-corrected chi connectivity index (χ2v) is 6.86. The number of nitrogens with zero attached hydrogens (tertiary/aromatic N) is 2. The zero-order valence-corrected chi connectivity index (χ0v) is 16.3. The van der Waals surface area contributed by atoms with E-state index in [9.17, 15) is 14.4 Å². The van der Waals surface area contributed by atoms with Crippen molar-refractivity contribution in [1.82, 2.24) is 15.1 Å². The van der Waals surface area contributed by atoms with Gasteiger partial charge in [-0.1, -0.05) is 13.3 Å². The lowest BCUT2D eigenvalue weighted by Crippen LogP contribution is -2.57. The Morgan fingerprint density at radius 2 is 1.88 bits per heavy atom. The van der Waals surface area contributed by atoms with Gasteiger partial charge in [0.15, 0.2) is 0 Å². The number of rotatable bonds is 4. The molecule has 0 bridgehead atoms. The molecule has 1 fully saturated rings. The summed E-state index contributed by atoms with van der Waals surface area (Å²) in [5, 5.41) is 3.35. The highest BCUT2D eigenvalue weighted by atomic mass is 35.5. The Morgan fingerprint density at radius 3 is 2.58 bits per heavy atom. The lowest BCUT2D eigenvalue weighted by atomic mass is 10.0. The first-order valence-corrected chi connectivity index (χ1v) is 9.00. The molecule has 0 spiro atoms. The first-order valence-electron chi connectivity index (χ1n) is 9.00. The zero-order chi connectivity index (χ0) is 18.1. The minimum absolute atomic E-state index is 0. The number of unbranched alkanes of at least 4 members (excludes halogenated alkanes) is 1. The molecule has 2 atom stereocenters. The number of halogens is 1. The predicted molar refractivity (Wildman–Crippen MR) is 102 cm³/mol. The SMILES string of the molecule is CCCCN1C(=O)c2ccc(C(=O)N3CCNC(C)C3C)cc2C1=O.Cl. The van der Waals surface area contributed by atoms with Crippen LogP contribution in [0.3, 0.4) is 0 Å². The molecule has 2 aliphatic rings. The number of carbonyl (C=O) groups is 3. The van der Waals surface area contributed by atoms with E-state index in [1.54, 1.807) is 18.2 Å². The molecule has 0 aromatic heterocycles. The monoisotopic (exact) mass is 379 g/mol. The molecule has 2 heterocycles. The van der Waals surface area contributed by atoms with Gasteiger partial charge in [-0.3, -0.25) is 19.3 Å². The second-order valence-electron chi connectivity index (χ2n) is 6.86. The van der Waals surface area contributed by atoms with Gasteiger partial charge >= 0.3 is 0 Å². The standard InChI is InChI=1S/C19H25N3O3.ClH/c1-4-5-9-22-18(24)15-7-6-14(11-16(15)19(22)25)17(23)21-10-8-20-12(2)13(21)3;/h6-7,11-13,20H,4-5,8-10H2,1-3H3;1H. The molecule has 142 valence electrons. The molecule has 26 heavy (non-hydrogen) atoms. The summed E-state index contributed by atoms with van der Waals surface area (Å²) in [7, 11) is 0. The number of fused-ring (bicyclic) bond motifs is 1. The van der Waals surface area contributed by atoms with Crippen molar-refractivity contribution in [3.63, 3.8) is 0 Å². The quantitative estimate of drug-likeness (QED) is 0.815. The number of imide groups is 1. The number of piperazine rings is 1. The van der Waals surface area contributed by atoms with Gasteiger partial charge in [0.25, 0.3) is 17.7 Å². The van der Waals surface area contributed by atoms with Gasteiger partial charge in [0.2, 0.25) is 0 Å². The lowest BCUT2D eigenvalue weighted by Gasteiger charge is -2.38. The van der Waals surface area contributed by atoms with E-state index in [0.717, 1.165) is 19.4 Å². The van der Waals surface area contributed by atoms with Crippen LogP contribution in [0.15, 0.2) is 18.2 Å². The van der Waals surface area contributed by atoms with Gasteiger partial charge in [-0.2, -0.15) is 0 Å². The molecule has 7 heteroatoms. The summed E-state index contributed by atoms with van der Waals surface area (Å²) in [4.78, 5) is 41.0. The van der Waals surface area contributed by atoms with Crippen molar-refractivity contribution in [2.45, 2.75) is 45.7 Å². The van der Waals surface area contributed by atoms with Crippen molar-refractivity contribution in [1.29, 1.82) is 0 Å². The summed E-state index contributed by atoms with van der Waals surface area (Å²) in [5.74, 6) is -0.627. The van der Waals surface area contributed by atoms with Crippen molar-refractivity contribution in [2.24, 2.45) is 0 Å². The van der Waals surface area contributed by atoms with E-state index in [0.29, 0.717) is 29.8 Å². The van der Waals surface area contributed by atoms with Crippen LogP contribution in [0, 0.1) is 0 Å². The number of nitrogens with one attached hydrogen (secondary N) is 1. The van der Waals surface area contributed by atoms with Crippen LogP contribution in [0.5, 0.6) is 0 Å². The normalized spacial score (nSPS) is 22.3. The average Bonchev–Trinajstić information content (AvgIpc) is 2.85. The number of carbonyl (C=O) groups excluding carboxylic acids is 3. The predicted octanol–water partition coefficient (Wildman–Crippen LogP) is 2.33. The molecule has 1 aromatic rings. The fraction of sp³-hybridized carbons (Fsp3) is 0.526. The molecular formula is C19H26ClN3O3. The topological polar surface area (TPSA) is 69.7 Å². The Bertz CT molecular complexity index is 722. The van der Waals surface area contributed by atoms with Crippen LogP contribution >= 0.6 is 12.4 Å². The van der Waals surface area contributed by atoms with Crippen molar-refractivity contribution in [3.8, 4) is 0 Å². The van der Waals surface area contributed by atoms with Crippen LogP contribution in [-0.2, 0) is 0 Å². The minimum Gasteiger partial charge on any atom is -0.333 e. The first kappa shape index (κ1) is 20.4. The Balaban J connectivity index is 0.00000243. The van der Waals surface area contributed by atoms with Crippen molar-refractivity contribution >= 4 is 30.1 Å². The Morgan fingerprint density at radius 1 is 1.19 bits per heavy atom. The summed E-state index contributed by atoms with van der Waals surface area (Å²) in [6.07, 6.45) is 1.70. The summed E-state index contributed by atoms with van der Waals surface area (Å²) in [5.41, 5.74) is 1.22. The van der Waals surface area contributed by atoms with Crippen LogP contribution in [0.25, 0.3) is 0 Å². The van der Waals surface area contributed by atoms with Gasteiger partial charge < -0.3 is 10.2 Å². The van der Waals surface area contributed by atoms with Gasteiger partial charge in [-0.05, 0) is 38.5 Å². The third-order valence-corrected chi connectivity index (χ3v) is 5.25. The van der Waals surface area contributed by atoms with Crippen LogP contribution in [0.1, 0.15) is 64.7 Å². The second kappa shape index (κ2) is 8.18. The Kier molecular flexibility index (Phi) is 6.42. The maximum Gasteiger partial charge on any atom is 0.261 e. The highest BCUT2D eigenvalue weighted by Crippen LogP contribution is 2.25. The molecule has 1 saturated heterocycles. The van der Waals surface area contributed by atoms with E-state index in [1.165, 1.54) is 4.90 Å². The zero-order valence-electron chi connectivity index (χ0n) is 15.4. The number of hydrogen-bond donors (Lipinski definition) is 1. The summed E-state index contributed by atoms with van der Waals surface area (Å²) < 4.78 is 0. The Labute approximate surface area is 160 Å². The summed E-state index contributed by atoms with van der Waals surface area (Å²) in [6.45, 7) is 7.91. The highest BCUT2D eigenvalue weighted by molar-refractivity contribution is 6.22.